The highest BCUT2D eigenvalue weighted by atomic mass is 32.1. The molecule has 0 atom stereocenters. The average molecular weight is 250 g/mol. The van der Waals surface area contributed by atoms with Gasteiger partial charge in [-0.25, -0.2) is 4.98 Å². The van der Waals surface area contributed by atoms with Gasteiger partial charge in [-0.05, 0) is 43.7 Å². The standard InChI is InChI=1S/C13H18N2OS/c1-2-7-16-13-10(12(14)17)8-9-5-3-4-6-11(9)15-13/h8H,2-7H2,1H3,(H2,14,17). The first-order valence-corrected chi connectivity index (χ1v) is 6.58. The lowest BCUT2D eigenvalue weighted by Crippen LogP contribution is -2.16. The van der Waals surface area contributed by atoms with Gasteiger partial charge in [-0.2, -0.15) is 0 Å². The Morgan fingerprint density at radius 3 is 2.94 bits per heavy atom. The van der Waals surface area contributed by atoms with Crippen LogP contribution in [0.5, 0.6) is 5.88 Å². The summed E-state index contributed by atoms with van der Waals surface area (Å²) in [6, 6.07) is 2.06. The molecule has 1 aromatic heterocycles. The van der Waals surface area contributed by atoms with E-state index in [2.05, 4.69) is 18.0 Å². The first kappa shape index (κ1) is 12.3. The Kier molecular flexibility index (Phi) is 3.94. The van der Waals surface area contributed by atoms with E-state index in [4.69, 9.17) is 22.7 Å². The fourth-order valence-corrected chi connectivity index (χ4v) is 2.25. The Labute approximate surface area is 107 Å². The van der Waals surface area contributed by atoms with Gasteiger partial charge in [0.25, 0.3) is 0 Å². The summed E-state index contributed by atoms with van der Waals surface area (Å²) in [5.41, 5.74) is 8.95. The highest BCUT2D eigenvalue weighted by molar-refractivity contribution is 7.80. The molecule has 0 amide bonds. The molecular formula is C13H18N2OS. The van der Waals surface area contributed by atoms with Crippen LogP contribution in [-0.2, 0) is 12.8 Å². The molecule has 1 aliphatic carbocycles. The number of aromatic nitrogens is 1. The number of fused-ring (bicyclic) bond motifs is 1. The number of hydrogen-bond donors (Lipinski definition) is 1. The number of rotatable bonds is 4. The Morgan fingerprint density at radius 2 is 2.24 bits per heavy atom. The Bertz CT molecular complexity index is 432. The van der Waals surface area contributed by atoms with Crippen LogP contribution in [0.1, 0.15) is 43.0 Å². The zero-order valence-corrected chi connectivity index (χ0v) is 11.0. The Morgan fingerprint density at radius 1 is 1.47 bits per heavy atom. The van der Waals surface area contributed by atoms with E-state index in [1.54, 1.807) is 0 Å². The second-order valence-electron chi connectivity index (χ2n) is 4.37. The van der Waals surface area contributed by atoms with Crippen LogP contribution < -0.4 is 10.5 Å². The molecule has 0 saturated heterocycles. The van der Waals surface area contributed by atoms with Crippen LogP contribution in [0, 0.1) is 0 Å². The van der Waals surface area contributed by atoms with Gasteiger partial charge < -0.3 is 10.5 Å². The molecule has 1 heterocycles. The molecule has 2 rings (SSSR count). The smallest absolute Gasteiger partial charge is 0.224 e. The second kappa shape index (κ2) is 5.45. The number of aryl methyl sites for hydroxylation is 2. The predicted molar refractivity (Wildman–Crippen MR) is 72.6 cm³/mol. The van der Waals surface area contributed by atoms with E-state index in [9.17, 15) is 0 Å². The van der Waals surface area contributed by atoms with Gasteiger partial charge in [-0.15, -0.1) is 0 Å². The molecule has 0 bridgehead atoms. The lowest BCUT2D eigenvalue weighted by Gasteiger charge is -2.18. The van der Waals surface area contributed by atoms with Crippen molar-refractivity contribution in [2.24, 2.45) is 5.73 Å². The van der Waals surface area contributed by atoms with Crippen molar-refractivity contribution in [3.63, 3.8) is 0 Å². The third kappa shape index (κ3) is 2.75. The van der Waals surface area contributed by atoms with Crippen molar-refractivity contribution < 1.29 is 4.74 Å². The largest absolute Gasteiger partial charge is 0.477 e. The van der Waals surface area contributed by atoms with Gasteiger partial charge in [-0.3, -0.25) is 0 Å². The summed E-state index contributed by atoms with van der Waals surface area (Å²) in [5.74, 6) is 0.611. The van der Waals surface area contributed by atoms with Crippen molar-refractivity contribution >= 4 is 17.2 Å². The summed E-state index contributed by atoms with van der Waals surface area (Å²) in [4.78, 5) is 4.95. The number of thiocarbonyl (C=S) groups is 1. The fourth-order valence-electron chi connectivity index (χ4n) is 2.10. The monoisotopic (exact) mass is 250 g/mol. The summed E-state index contributed by atoms with van der Waals surface area (Å²) in [6.45, 7) is 2.72. The van der Waals surface area contributed by atoms with E-state index in [0.29, 0.717) is 17.5 Å². The third-order valence-electron chi connectivity index (χ3n) is 2.97. The van der Waals surface area contributed by atoms with Gasteiger partial charge in [0, 0.05) is 5.69 Å². The molecule has 1 aromatic rings. The molecule has 2 N–H and O–H groups in total. The van der Waals surface area contributed by atoms with E-state index < -0.39 is 0 Å². The van der Waals surface area contributed by atoms with Crippen LogP contribution >= 0.6 is 12.2 Å². The van der Waals surface area contributed by atoms with Gasteiger partial charge >= 0.3 is 0 Å². The van der Waals surface area contributed by atoms with Gasteiger partial charge in [0.1, 0.15) is 4.99 Å². The maximum atomic E-state index is 5.73. The zero-order chi connectivity index (χ0) is 12.3. The maximum absolute atomic E-state index is 5.73. The normalized spacial score (nSPS) is 14.2. The van der Waals surface area contributed by atoms with Crippen molar-refractivity contribution in [1.29, 1.82) is 0 Å². The molecule has 17 heavy (non-hydrogen) atoms. The molecule has 0 saturated carbocycles. The minimum Gasteiger partial charge on any atom is -0.477 e. The van der Waals surface area contributed by atoms with E-state index in [-0.39, 0.29) is 0 Å². The number of hydrogen-bond acceptors (Lipinski definition) is 3. The highest BCUT2D eigenvalue weighted by Gasteiger charge is 2.17. The fraction of sp³-hybridized carbons (Fsp3) is 0.538. The summed E-state index contributed by atoms with van der Waals surface area (Å²) in [7, 11) is 0. The minimum absolute atomic E-state index is 0.372. The van der Waals surface area contributed by atoms with E-state index in [1.807, 2.05) is 0 Å². The number of nitrogens with two attached hydrogens (primary N) is 1. The minimum atomic E-state index is 0.372. The van der Waals surface area contributed by atoms with Gasteiger partial charge in [0.05, 0.1) is 12.2 Å². The summed E-state index contributed by atoms with van der Waals surface area (Å²) < 4.78 is 5.64. The Balaban J connectivity index is 2.37. The summed E-state index contributed by atoms with van der Waals surface area (Å²) >= 11 is 5.06. The van der Waals surface area contributed by atoms with Crippen LogP contribution in [0.2, 0.25) is 0 Å². The first-order valence-electron chi connectivity index (χ1n) is 6.17. The predicted octanol–water partition coefficient (Wildman–Crippen LogP) is 2.38. The van der Waals surface area contributed by atoms with Crippen molar-refractivity contribution in [2.45, 2.75) is 39.0 Å². The summed E-state index contributed by atoms with van der Waals surface area (Å²) in [6.07, 6.45) is 5.50. The molecule has 3 nitrogen and oxygen atoms in total. The number of ether oxygens (including phenoxy) is 1. The topological polar surface area (TPSA) is 48.1 Å². The third-order valence-corrected chi connectivity index (χ3v) is 3.19. The van der Waals surface area contributed by atoms with E-state index in [1.165, 1.54) is 18.4 Å². The van der Waals surface area contributed by atoms with Crippen molar-refractivity contribution in [3.8, 4) is 5.88 Å². The summed E-state index contributed by atoms with van der Waals surface area (Å²) in [5, 5.41) is 0. The van der Waals surface area contributed by atoms with Crippen molar-refractivity contribution in [1.82, 2.24) is 4.98 Å². The Hall–Kier alpha value is -1.16. The number of nitrogens with zero attached hydrogens (tertiary/aromatic N) is 1. The SMILES string of the molecule is CCCOc1nc2c(cc1C(N)=S)CCCC2. The molecule has 92 valence electrons. The van der Waals surface area contributed by atoms with Crippen molar-refractivity contribution in [2.75, 3.05) is 6.61 Å². The molecule has 0 aromatic carbocycles. The molecule has 0 aliphatic heterocycles. The molecule has 0 fully saturated rings. The maximum Gasteiger partial charge on any atom is 0.224 e. The average Bonchev–Trinajstić information content (AvgIpc) is 2.35. The lowest BCUT2D eigenvalue weighted by molar-refractivity contribution is 0.303. The second-order valence-corrected chi connectivity index (χ2v) is 4.81. The molecule has 0 radical (unpaired) electrons. The molecule has 4 heteroatoms. The van der Waals surface area contributed by atoms with Gasteiger partial charge in [0.15, 0.2) is 0 Å². The van der Waals surface area contributed by atoms with Crippen LogP contribution in [0.3, 0.4) is 0 Å². The van der Waals surface area contributed by atoms with E-state index in [0.717, 1.165) is 30.5 Å². The van der Waals surface area contributed by atoms with Gasteiger partial charge in [0.2, 0.25) is 5.88 Å². The quantitative estimate of drug-likeness (QED) is 0.834. The molecular weight excluding hydrogens is 232 g/mol. The lowest BCUT2D eigenvalue weighted by atomic mass is 9.95. The molecule has 0 spiro atoms. The zero-order valence-electron chi connectivity index (χ0n) is 10.2. The number of pyridine rings is 1. The highest BCUT2D eigenvalue weighted by Crippen LogP contribution is 2.26. The molecule has 0 unspecified atom stereocenters. The van der Waals surface area contributed by atoms with Gasteiger partial charge in [-0.1, -0.05) is 19.1 Å². The first-order chi connectivity index (χ1) is 8.22. The van der Waals surface area contributed by atoms with Crippen LogP contribution in [0.25, 0.3) is 0 Å². The van der Waals surface area contributed by atoms with Crippen LogP contribution in [0.4, 0.5) is 0 Å². The van der Waals surface area contributed by atoms with Crippen molar-refractivity contribution in [3.05, 3.63) is 22.9 Å². The van der Waals surface area contributed by atoms with E-state index >= 15 is 0 Å². The molecule has 1 aliphatic rings. The van der Waals surface area contributed by atoms with Crippen LogP contribution in [-0.4, -0.2) is 16.6 Å². The van der Waals surface area contributed by atoms with Crippen LogP contribution in [0.15, 0.2) is 6.07 Å².